The van der Waals surface area contributed by atoms with Crippen molar-refractivity contribution in [2.75, 3.05) is 12.4 Å². The van der Waals surface area contributed by atoms with Gasteiger partial charge in [0.1, 0.15) is 11.4 Å². The van der Waals surface area contributed by atoms with Gasteiger partial charge in [0.25, 0.3) is 0 Å². The SMILES string of the molecule is CNc1ncc2c(-c3ccccc3)c(-c3ccc(C4(NC(=O)OC(C)(C)C)CCC4)cc3)oc2n1. The number of carbonyl (C=O) groups excluding carboxylic acids is 1. The van der Waals surface area contributed by atoms with Crippen LogP contribution in [0.25, 0.3) is 33.6 Å². The molecule has 2 N–H and O–H groups in total. The minimum absolute atomic E-state index is 0.385. The van der Waals surface area contributed by atoms with Gasteiger partial charge in [0.15, 0.2) is 0 Å². The molecule has 0 aliphatic heterocycles. The summed E-state index contributed by atoms with van der Waals surface area (Å²) >= 11 is 0. The molecule has 5 rings (SSSR count). The minimum Gasteiger partial charge on any atom is -0.444 e. The Balaban J connectivity index is 1.52. The molecule has 7 heteroatoms. The van der Waals surface area contributed by atoms with E-state index in [1.54, 1.807) is 13.2 Å². The second-order valence-electron chi connectivity index (χ2n) is 9.97. The van der Waals surface area contributed by atoms with Crippen molar-refractivity contribution in [2.45, 2.75) is 51.2 Å². The van der Waals surface area contributed by atoms with Crippen LogP contribution in [0.5, 0.6) is 0 Å². The van der Waals surface area contributed by atoms with Gasteiger partial charge in [-0.15, -0.1) is 0 Å². The Morgan fingerprint density at radius 1 is 1.03 bits per heavy atom. The lowest BCUT2D eigenvalue weighted by atomic mass is 9.71. The summed E-state index contributed by atoms with van der Waals surface area (Å²) in [4.78, 5) is 21.4. The first-order valence-corrected chi connectivity index (χ1v) is 11.9. The van der Waals surface area contributed by atoms with E-state index < -0.39 is 11.1 Å². The Morgan fingerprint density at radius 3 is 2.34 bits per heavy atom. The van der Waals surface area contributed by atoms with Gasteiger partial charge in [-0.2, -0.15) is 4.98 Å². The second kappa shape index (κ2) is 8.73. The van der Waals surface area contributed by atoms with E-state index in [9.17, 15) is 4.79 Å². The number of fused-ring (bicyclic) bond motifs is 1. The summed E-state index contributed by atoms with van der Waals surface area (Å²) in [5, 5.41) is 6.95. The van der Waals surface area contributed by atoms with E-state index in [2.05, 4.69) is 44.9 Å². The lowest BCUT2D eigenvalue weighted by Gasteiger charge is -2.43. The number of benzene rings is 2. The minimum atomic E-state index is -0.538. The number of rotatable bonds is 5. The molecule has 1 amide bonds. The van der Waals surface area contributed by atoms with Gasteiger partial charge in [-0.25, -0.2) is 9.78 Å². The number of anilines is 1. The summed E-state index contributed by atoms with van der Waals surface area (Å²) in [6.45, 7) is 5.61. The number of alkyl carbamates (subject to hydrolysis) is 1. The zero-order valence-electron chi connectivity index (χ0n) is 20.5. The zero-order valence-corrected chi connectivity index (χ0v) is 20.5. The van der Waals surface area contributed by atoms with Crippen LogP contribution in [0.1, 0.15) is 45.6 Å². The second-order valence-corrected chi connectivity index (χ2v) is 9.97. The van der Waals surface area contributed by atoms with Crippen molar-refractivity contribution in [3.8, 4) is 22.5 Å². The van der Waals surface area contributed by atoms with E-state index in [1.165, 1.54) is 0 Å². The van der Waals surface area contributed by atoms with E-state index in [0.717, 1.165) is 52.7 Å². The summed E-state index contributed by atoms with van der Waals surface area (Å²) in [6, 6.07) is 18.3. The van der Waals surface area contributed by atoms with Crippen molar-refractivity contribution in [3.63, 3.8) is 0 Å². The topological polar surface area (TPSA) is 89.3 Å². The van der Waals surface area contributed by atoms with E-state index in [4.69, 9.17) is 9.15 Å². The molecule has 0 saturated heterocycles. The smallest absolute Gasteiger partial charge is 0.408 e. The highest BCUT2D eigenvalue weighted by atomic mass is 16.6. The molecule has 1 aliphatic carbocycles. The number of amides is 1. The van der Waals surface area contributed by atoms with Crippen LogP contribution in [0, 0.1) is 0 Å². The summed E-state index contributed by atoms with van der Waals surface area (Å²) < 4.78 is 11.8. The molecule has 1 aliphatic rings. The van der Waals surface area contributed by atoms with Crippen LogP contribution in [0.15, 0.2) is 65.2 Å². The summed E-state index contributed by atoms with van der Waals surface area (Å²) in [7, 11) is 1.78. The number of aromatic nitrogens is 2. The molecule has 7 nitrogen and oxygen atoms in total. The monoisotopic (exact) mass is 470 g/mol. The molecule has 0 radical (unpaired) electrons. The van der Waals surface area contributed by atoms with E-state index in [1.807, 2.05) is 51.1 Å². The fourth-order valence-corrected chi connectivity index (χ4v) is 4.56. The van der Waals surface area contributed by atoms with E-state index >= 15 is 0 Å². The van der Waals surface area contributed by atoms with Crippen LogP contribution >= 0.6 is 0 Å². The Hall–Kier alpha value is -3.87. The van der Waals surface area contributed by atoms with Gasteiger partial charge in [-0.05, 0) is 51.2 Å². The molecule has 1 fully saturated rings. The Labute approximate surface area is 204 Å². The Kier molecular flexibility index (Phi) is 5.71. The first-order chi connectivity index (χ1) is 16.8. The average molecular weight is 471 g/mol. The lowest BCUT2D eigenvalue weighted by Crippen LogP contribution is -2.52. The van der Waals surface area contributed by atoms with Crippen molar-refractivity contribution < 1.29 is 13.9 Å². The van der Waals surface area contributed by atoms with Gasteiger partial charge < -0.3 is 19.8 Å². The van der Waals surface area contributed by atoms with Crippen LogP contribution in [0.3, 0.4) is 0 Å². The van der Waals surface area contributed by atoms with Gasteiger partial charge in [0, 0.05) is 24.4 Å². The molecule has 2 aromatic heterocycles. The predicted molar refractivity (Wildman–Crippen MR) is 137 cm³/mol. The number of hydrogen-bond acceptors (Lipinski definition) is 6. The van der Waals surface area contributed by atoms with Crippen molar-refractivity contribution in [1.29, 1.82) is 0 Å². The third kappa shape index (κ3) is 4.46. The molecular weight excluding hydrogens is 440 g/mol. The normalized spacial score (nSPS) is 14.9. The first-order valence-electron chi connectivity index (χ1n) is 11.9. The third-order valence-electron chi connectivity index (χ3n) is 6.38. The van der Waals surface area contributed by atoms with Gasteiger partial charge >= 0.3 is 6.09 Å². The molecule has 2 heterocycles. The van der Waals surface area contributed by atoms with Gasteiger partial charge in [0.05, 0.1) is 10.9 Å². The van der Waals surface area contributed by atoms with Gasteiger partial charge in [0.2, 0.25) is 11.7 Å². The maximum absolute atomic E-state index is 12.5. The number of nitrogens with one attached hydrogen (secondary N) is 2. The maximum Gasteiger partial charge on any atom is 0.408 e. The van der Waals surface area contributed by atoms with Crippen LogP contribution in [-0.2, 0) is 10.3 Å². The standard InChI is InChI=1S/C28H30N4O3/c1-27(2,3)35-26(33)32-28(15-8-16-28)20-13-11-19(12-14-20)23-22(18-9-6-5-7-10-18)21-17-30-25(29-4)31-24(21)34-23/h5-7,9-14,17H,8,15-16H2,1-4H3,(H,32,33)(H,29,30,31). The number of ether oxygens (including phenoxy) is 1. The highest BCUT2D eigenvalue weighted by Crippen LogP contribution is 2.44. The summed E-state index contributed by atoms with van der Waals surface area (Å²) in [5.74, 6) is 1.25. The lowest BCUT2D eigenvalue weighted by molar-refractivity contribution is 0.0377. The highest BCUT2D eigenvalue weighted by molar-refractivity contribution is 6.00. The van der Waals surface area contributed by atoms with Crippen LogP contribution in [0.2, 0.25) is 0 Å². The van der Waals surface area contributed by atoms with Crippen LogP contribution < -0.4 is 10.6 Å². The summed E-state index contributed by atoms with van der Waals surface area (Å²) in [5.41, 5.74) is 3.59. The molecule has 4 aromatic rings. The highest BCUT2D eigenvalue weighted by Gasteiger charge is 2.41. The van der Waals surface area contributed by atoms with Crippen molar-refractivity contribution in [1.82, 2.24) is 15.3 Å². The number of nitrogens with zero attached hydrogens (tertiary/aromatic N) is 2. The predicted octanol–water partition coefficient (Wildman–Crippen LogP) is 6.50. The molecular formula is C28H30N4O3. The quantitative estimate of drug-likeness (QED) is 0.346. The van der Waals surface area contributed by atoms with E-state index in [0.29, 0.717) is 11.7 Å². The third-order valence-corrected chi connectivity index (χ3v) is 6.38. The largest absolute Gasteiger partial charge is 0.444 e. The van der Waals surface area contributed by atoms with Crippen molar-refractivity contribution in [3.05, 3.63) is 66.4 Å². The van der Waals surface area contributed by atoms with Gasteiger partial charge in [-0.3, -0.25) is 0 Å². The maximum atomic E-state index is 12.5. The van der Waals surface area contributed by atoms with Crippen molar-refractivity contribution in [2.24, 2.45) is 0 Å². The number of carbonyl (C=O) groups is 1. The molecule has 180 valence electrons. The van der Waals surface area contributed by atoms with Crippen molar-refractivity contribution >= 4 is 23.1 Å². The molecule has 0 unspecified atom stereocenters. The summed E-state index contributed by atoms with van der Waals surface area (Å²) in [6.07, 6.45) is 4.24. The fraction of sp³-hybridized carbons (Fsp3) is 0.321. The van der Waals surface area contributed by atoms with Crippen LogP contribution in [0.4, 0.5) is 10.7 Å². The van der Waals surface area contributed by atoms with Gasteiger partial charge in [-0.1, -0.05) is 54.6 Å². The molecule has 2 aromatic carbocycles. The molecule has 0 atom stereocenters. The molecule has 0 spiro atoms. The zero-order chi connectivity index (χ0) is 24.6. The molecule has 0 bridgehead atoms. The Morgan fingerprint density at radius 2 is 1.74 bits per heavy atom. The van der Waals surface area contributed by atoms with E-state index in [-0.39, 0.29) is 6.09 Å². The first kappa shape index (κ1) is 22.9. The fourth-order valence-electron chi connectivity index (χ4n) is 4.56. The molecule has 35 heavy (non-hydrogen) atoms. The number of furan rings is 1. The average Bonchev–Trinajstić information content (AvgIpc) is 3.19. The Bertz CT molecular complexity index is 1350. The van der Waals surface area contributed by atoms with Crippen LogP contribution in [-0.4, -0.2) is 28.7 Å². The molecule has 1 saturated carbocycles. The number of hydrogen-bond donors (Lipinski definition) is 2.